The number of aromatic nitrogens is 9. The number of benzene rings is 20. The van der Waals surface area contributed by atoms with Crippen LogP contribution in [0.25, 0.3) is 288 Å². The van der Waals surface area contributed by atoms with Crippen LogP contribution >= 0.6 is 0 Å². The van der Waals surface area contributed by atoms with Gasteiger partial charge in [-0.15, -0.1) is 0 Å². The molecule has 0 aliphatic heterocycles. The lowest BCUT2D eigenvalue weighted by atomic mass is 10.00. The van der Waals surface area contributed by atoms with Gasteiger partial charge in [0.15, 0.2) is 23.3 Å². The van der Waals surface area contributed by atoms with Gasteiger partial charge in [0.1, 0.15) is 44.7 Å². The van der Waals surface area contributed by atoms with E-state index in [2.05, 4.69) is 352 Å². The summed E-state index contributed by atoms with van der Waals surface area (Å²) in [6.45, 7) is 0. The van der Waals surface area contributed by atoms with E-state index in [-0.39, 0.29) is 0 Å². The molecule has 0 unspecified atom stereocenters. The molecule has 13 nitrogen and oxygen atoms in total. The molecule has 0 saturated heterocycles. The SMILES string of the molecule is c1ccc(-c2cc(-c3ccccc3)nc(-c3cccc(-n4c5ccccc5c5cc6c(cc54)oc4ccc(-c5ccc7c(c5)c5cc8c(cc5n7-c5ccccc5)oc5ccccc58)cc46)c3)n2)cc1.c1ccc(-c2nc(-c3ccccc3)nc(-c3ccc(-n4c5ccccc5c5cc6c(cc54)oc4ccc(-c5ccc7c(c5)c5cc8c(cc5n7-c5ccccc5)oc5ccccc58)cc46)cc3)n2)cc1. The van der Waals surface area contributed by atoms with Crippen molar-refractivity contribution in [3.8, 4) is 113 Å². The lowest BCUT2D eigenvalue weighted by Gasteiger charge is -2.12. The first-order chi connectivity index (χ1) is 69.3. The van der Waals surface area contributed by atoms with Gasteiger partial charge in [-0.05, 0) is 186 Å². The summed E-state index contributed by atoms with van der Waals surface area (Å²) >= 11 is 0. The number of hydrogen-bond acceptors (Lipinski definition) is 9. The van der Waals surface area contributed by atoms with E-state index in [1.807, 2.05) is 121 Å². The lowest BCUT2D eigenvalue weighted by Crippen LogP contribution is -2.00. The van der Waals surface area contributed by atoms with Crippen LogP contribution in [0.1, 0.15) is 0 Å². The van der Waals surface area contributed by atoms with Gasteiger partial charge >= 0.3 is 0 Å². The van der Waals surface area contributed by atoms with Gasteiger partial charge in [-0.3, -0.25) is 0 Å². The number of furan rings is 4. The van der Waals surface area contributed by atoms with Crippen LogP contribution < -0.4 is 0 Å². The minimum atomic E-state index is 0.619. The Morgan fingerprint density at radius 3 is 0.807 bits per heavy atom. The number of fused-ring (bicyclic) bond motifs is 24. The van der Waals surface area contributed by atoms with E-state index in [9.17, 15) is 0 Å². The Morgan fingerprint density at radius 1 is 0.129 bits per heavy atom. The van der Waals surface area contributed by atoms with Gasteiger partial charge in [0, 0.05) is 167 Å². The molecule has 10 aromatic heterocycles. The smallest absolute Gasteiger partial charge is 0.164 e. The zero-order valence-electron chi connectivity index (χ0n) is 75.0. The van der Waals surface area contributed by atoms with Crippen LogP contribution in [0, 0.1) is 0 Å². The normalized spacial score (nSPS) is 12.0. The highest BCUT2D eigenvalue weighted by Crippen LogP contribution is 2.48. The second kappa shape index (κ2) is 31.2. The third-order valence-electron chi connectivity index (χ3n) is 28.1. The fourth-order valence-corrected chi connectivity index (χ4v) is 21.5. The van der Waals surface area contributed by atoms with Crippen LogP contribution in [0.3, 0.4) is 0 Å². The number of para-hydroxylation sites is 6. The Hall–Kier alpha value is -19.1. The summed E-state index contributed by atoms with van der Waals surface area (Å²) in [4.78, 5) is 25.2. The second-order valence-corrected chi connectivity index (χ2v) is 36.1. The van der Waals surface area contributed by atoms with Crippen molar-refractivity contribution >= 4 is 175 Å². The monoisotopic (exact) mass is 1790 g/mol. The fourth-order valence-electron chi connectivity index (χ4n) is 21.5. The van der Waals surface area contributed by atoms with Crippen molar-refractivity contribution in [3.63, 3.8) is 0 Å². The highest BCUT2D eigenvalue weighted by Gasteiger charge is 2.26. The minimum Gasteiger partial charge on any atom is -0.456 e. The summed E-state index contributed by atoms with van der Waals surface area (Å²) in [7, 11) is 0. The Labute approximate surface area is 798 Å². The molecule has 0 aliphatic carbocycles. The fraction of sp³-hybridized carbons (Fsp3) is 0. The largest absolute Gasteiger partial charge is 0.456 e. The van der Waals surface area contributed by atoms with Crippen molar-refractivity contribution < 1.29 is 17.7 Å². The predicted molar refractivity (Wildman–Crippen MR) is 572 cm³/mol. The lowest BCUT2D eigenvalue weighted by molar-refractivity contribution is 0.669. The zero-order valence-corrected chi connectivity index (χ0v) is 75.0. The summed E-state index contributed by atoms with van der Waals surface area (Å²) in [6.07, 6.45) is 0. The molecular weight excluding hydrogens is 1720 g/mol. The van der Waals surface area contributed by atoms with E-state index in [1.54, 1.807) is 0 Å². The highest BCUT2D eigenvalue weighted by molar-refractivity contribution is 6.23. The predicted octanol–water partition coefficient (Wildman–Crippen LogP) is 33.7. The van der Waals surface area contributed by atoms with E-state index in [0.717, 1.165) is 232 Å². The average molecular weight is 1790 g/mol. The third kappa shape index (κ3) is 12.7. The molecule has 0 aliphatic rings. The molecule has 30 aromatic rings. The molecule has 652 valence electrons. The van der Waals surface area contributed by atoms with Crippen molar-refractivity contribution in [2.45, 2.75) is 0 Å². The Bertz CT molecular complexity index is 10200. The van der Waals surface area contributed by atoms with Gasteiger partial charge in [-0.25, -0.2) is 24.9 Å². The molecule has 0 N–H and O–H groups in total. The van der Waals surface area contributed by atoms with Gasteiger partial charge in [0.25, 0.3) is 0 Å². The first kappa shape index (κ1) is 78.4. The van der Waals surface area contributed by atoms with Crippen LogP contribution in [0.5, 0.6) is 0 Å². The molecule has 30 rings (SSSR count). The van der Waals surface area contributed by atoms with Gasteiger partial charge < -0.3 is 35.9 Å². The first-order valence-electron chi connectivity index (χ1n) is 47.1. The molecule has 0 atom stereocenters. The van der Waals surface area contributed by atoms with Crippen molar-refractivity contribution in [2.24, 2.45) is 0 Å². The summed E-state index contributed by atoms with van der Waals surface area (Å²) < 4.78 is 35.6. The molecule has 0 amide bonds. The maximum absolute atomic E-state index is 6.74. The average Bonchev–Trinajstić information content (AvgIpc) is 1.59. The molecular formula is C127H75N9O4. The molecule has 10 heterocycles. The topological polar surface area (TPSA) is 137 Å². The van der Waals surface area contributed by atoms with Gasteiger partial charge in [-0.1, -0.05) is 267 Å². The highest BCUT2D eigenvalue weighted by atomic mass is 16.3. The molecule has 0 radical (unpaired) electrons. The Morgan fingerprint density at radius 2 is 0.393 bits per heavy atom. The van der Waals surface area contributed by atoms with Crippen LogP contribution in [-0.4, -0.2) is 43.2 Å². The standard InChI is InChI=1S/C64H38N4O2.C63H37N5O2/c1-4-15-39(16-5-1)54-36-55(40-17-6-2-7-18-40)66-64(65-54)43-19-14-22-45(31-43)68-56-25-12-10-23-46(56)49-34-53-51-33-42(28-30-61(51)70-63(53)37-58(49)68)41-27-29-57-48(32-41)50-35-52-47-24-11-13-26-60(47)69-62(52)38-59(50)67(57)44-20-8-3-9-21-44;1-4-14-38(15-5-1)61-64-62(39-16-6-2-7-17-39)66-63(65-61)40-24-28-44(29-25-40)68-53-22-12-10-20-45(53)48-34-52-50-33-42(27-31-58(50)70-60(52)36-55(48)68)41-26-30-54-47(32-41)49-35-51-46-21-11-13-23-57(46)69-59(51)37-56(49)67(54)43-18-8-3-9-19-43/h1-38H;1-37H. The van der Waals surface area contributed by atoms with Crippen molar-refractivity contribution in [1.29, 1.82) is 0 Å². The van der Waals surface area contributed by atoms with E-state index in [1.165, 1.54) is 32.3 Å². The molecule has 0 spiro atoms. The van der Waals surface area contributed by atoms with Crippen LogP contribution in [-0.2, 0) is 0 Å². The molecule has 0 bridgehead atoms. The number of nitrogens with zero attached hydrogens (tertiary/aromatic N) is 9. The zero-order chi connectivity index (χ0) is 91.7. The van der Waals surface area contributed by atoms with E-state index < -0.39 is 0 Å². The first-order valence-corrected chi connectivity index (χ1v) is 47.1. The maximum Gasteiger partial charge on any atom is 0.164 e. The summed E-state index contributed by atoms with van der Waals surface area (Å²) in [6, 6.07) is 160. The van der Waals surface area contributed by atoms with E-state index in [4.69, 9.17) is 42.6 Å². The summed E-state index contributed by atoms with van der Waals surface area (Å²) in [5.41, 5.74) is 32.1. The minimum absolute atomic E-state index is 0.619. The summed E-state index contributed by atoms with van der Waals surface area (Å²) in [5, 5.41) is 18.2. The van der Waals surface area contributed by atoms with Crippen LogP contribution in [0.4, 0.5) is 0 Å². The van der Waals surface area contributed by atoms with Gasteiger partial charge in [0.05, 0.1) is 55.5 Å². The summed E-state index contributed by atoms with van der Waals surface area (Å²) in [5.74, 6) is 2.56. The second-order valence-electron chi connectivity index (χ2n) is 36.1. The van der Waals surface area contributed by atoms with Crippen LogP contribution in [0.15, 0.2) is 473 Å². The molecule has 0 saturated carbocycles. The van der Waals surface area contributed by atoms with E-state index >= 15 is 0 Å². The molecule has 140 heavy (non-hydrogen) atoms. The molecule has 13 heteroatoms. The van der Waals surface area contributed by atoms with Crippen molar-refractivity contribution in [3.05, 3.63) is 455 Å². The number of rotatable bonds is 12. The van der Waals surface area contributed by atoms with Gasteiger partial charge in [-0.2, -0.15) is 0 Å². The molecule has 20 aromatic carbocycles. The van der Waals surface area contributed by atoms with Gasteiger partial charge in [0.2, 0.25) is 0 Å². The van der Waals surface area contributed by atoms with Crippen molar-refractivity contribution in [2.75, 3.05) is 0 Å². The Balaban J connectivity index is 0.000000134. The molecule has 0 fully saturated rings. The maximum atomic E-state index is 6.74. The number of hydrogen-bond donors (Lipinski definition) is 0. The Kier molecular flexibility index (Phi) is 17.5. The van der Waals surface area contributed by atoms with E-state index in [0.29, 0.717) is 23.3 Å². The quantitative estimate of drug-likeness (QED) is 0.117. The van der Waals surface area contributed by atoms with Crippen LogP contribution in [0.2, 0.25) is 0 Å². The third-order valence-corrected chi connectivity index (χ3v) is 28.1. The van der Waals surface area contributed by atoms with Crippen molar-refractivity contribution in [1.82, 2.24) is 43.2 Å².